The van der Waals surface area contributed by atoms with E-state index in [1.807, 2.05) is 62.4 Å². The van der Waals surface area contributed by atoms with Gasteiger partial charge < -0.3 is 18.9 Å². The van der Waals surface area contributed by atoms with Crippen LogP contribution in [0.25, 0.3) is 0 Å². The average Bonchev–Trinajstić information content (AvgIpc) is 2.72. The highest BCUT2D eigenvalue weighted by Crippen LogP contribution is 2.30. The standard InChI is InChI=1S/C24H32O5/c1-24(2,18-28-17-19-9-6-5-7-10-19)23(25)16-20-11-12-21(27-4)22(15-20)29-14-8-13-26-3/h5-7,9-12,15H,8,13-14,16-18H2,1-4H3. The van der Waals surface area contributed by atoms with Gasteiger partial charge in [0.05, 0.1) is 26.9 Å². The number of Topliss-reactive ketones (excluding diaryl/α,β-unsaturated/α-hetero) is 1. The fourth-order valence-corrected chi connectivity index (χ4v) is 2.83. The van der Waals surface area contributed by atoms with Crippen LogP contribution in [0.3, 0.4) is 0 Å². The lowest BCUT2D eigenvalue weighted by atomic mass is 9.85. The summed E-state index contributed by atoms with van der Waals surface area (Å²) in [6, 6.07) is 15.6. The Balaban J connectivity index is 1.93. The zero-order valence-corrected chi connectivity index (χ0v) is 17.9. The van der Waals surface area contributed by atoms with Crippen LogP contribution in [0, 0.1) is 5.41 Å². The first-order chi connectivity index (χ1) is 14.0. The van der Waals surface area contributed by atoms with E-state index in [0.717, 1.165) is 17.5 Å². The molecule has 2 aromatic carbocycles. The van der Waals surface area contributed by atoms with Crippen molar-refractivity contribution in [2.75, 3.05) is 34.0 Å². The summed E-state index contributed by atoms with van der Waals surface area (Å²) in [6.45, 7) is 5.88. The largest absolute Gasteiger partial charge is 0.493 e. The molecule has 0 N–H and O–H groups in total. The maximum absolute atomic E-state index is 12.9. The molecule has 0 atom stereocenters. The molecule has 2 rings (SSSR count). The summed E-state index contributed by atoms with van der Waals surface area (Å²) >= 11 is 0. The van der Waals surface area contributed by atoms with Crippen molar-refractivity contribution in [2.45, 2.75) is 33.3 Å². The highest BCUT2D eigenvalue weighted by Gasteiger charge is 2.28. The molecule has 2 aromatic rings. The Morgan fingerprint density at radius 1 is 0.931 bits per heavy atom. The Hall–Kier alpha value is -2.37. The summed E-state index contributed by atoms with van der Waals surface area (Å²) in [6.07, 6.45) is 1.11. The van der Waals surface area contributed by atoms with Crippen molar-refractivity contribution in [3.05, 3.63) is 59.7 Å². The summed E-state index contributed by atoms with van der Waals surface area (Å²) < 4.78 is 22.0. The molecule has 158 valence electrons. The first-order valence-corrected chi connectivity index (χ1v) is 9.90. The number of benzene rings is 2. The first-order valence-electron chi connectivity index (χ1n) is 9.90. The molecule has 5 nitrogen and oxygen atoms in total. The van der Waals surface area contributed by atoms with Crippen molar-refractivity contribution in [3.63, 3.8) is 0 Å². The third-order valence-electron chi connectivity index (χ3n) is 4.67. The summed E-state index contributed by atoms with van der Waals surface area (Å²) in [7, 11) is 3.27. The lowest BCUT2D eigenvalue weighted by Gasteiger charge is -2.23. The number of rotatable bonds is 13. The van der Waals surface area contributed by atoms with E-state index in [-0.39, 0.29) is 5.78 Å². The van der Waals surface area contributed by atoms with Crippen molar-refractivity contribution in [3.8, 4) is 11.5 Å². The predicted octanol–water partition coefficient (Wildman–Crippen LogP) is 4.47. The van der Waals surface area contributed by atoms with Gasteiger partial charge in [-0.25, -0.2) is 0 Å². The van der Waals surface area contributed by atoms with Gasteiger partial charge in [-0.15, -0.1) is 0 Å². The summed E-state index contributed by atoms with van der Waals surface area (Å²) in [5.41, 5.74) is 1.42. The number of carbonyl (C=O) groups is 1. The lowest BCUT2D eigenvalue weighted by molar-refractivity contribution is -0.129. The van der Waals surface area contributed by atoms with Crippen molar-refractivity contribution >= 4 is 5.78 Å². The van der Waals surface area contributed by atoms with Gasteiger partial charge in [-0.05, 0) is 23.3 Å². The van der Waals surface area contributed by atoms with E-state index in [1.165, 1.54) is 0 Å². The third kappa shape index (κ3) is 7.52. The van der Waals surface area contributed by atoms with Gasteiger partial charge in [-0.2, -0.15) is 0 Å². The lowest BCUT2D eigenvalue weighted by Crippen LogP contribution is -2.31. The number of carbonyl (C=O) groups excluding carboxylic acids is 1. The van der Waals surface area contributed by atoms with Gasteiger partial charge in [-0.3, -0.25) is 4.79 Å². The van der Waals surface area contributed by atoms with E-state index < -0.39 is 5.41 Å². The molecular formula is C24H32O5. The number of ketones is 1. The van der Waals surface area contributed by atoms with Crippen molar-refractivity contribution < 1.29 is 23.7 Å². The van der Waals surface area contributed by atoms with Gasteiger partial charge >= 0.3 is 0 Å². The van der Waals surface area contributed by atoms with Gasteiger partial charge in [-0.1, -0.05) is 50.2 Å². The van der Waals surface area contributed by atoms with Crippen LogP contribution in [0.4, 0.5) is 0 Å². The molecule has 0 fully saturated rings. The maximum atomic E-state index is 12.9. The first kappa shape index (κ1) is 22.9. The molecular weight excluding hydrogens is 368 g/mol. The molecule has 0 aliphatic heterocycles. The fraction of sp³-hybridized carbons (Fsp3) is 0.458. The minimum absolute atomic E-state index is 0.126. The Bertz CT molecular complexity index is 755. The van der Waals surface area contributed by atoms with Crippen LogP contribution in [-0.4, -0.2) is 39.8 Å². The van der Waals surface area contributed by atoms with Crippen LogP contribution < -0.4 is 9.47 Å². The minimum atomic E-state index is -0.575. The zero-order chi connectivity index (χ0) is 21.1. The van der Waals surface area contributed by atoms with Crippen molar-refractivity contribution in [2.24, 2.45) is 5.41 Å². The third-order valence-corrected chi connectivity index (χ3v) is 4.67. The van der Waals surface area contributed by atoms with Crippen LogP contribution in [0.1, 0.15) is 31.4 Å². The van der Waals surface area contributed by atoms with Crippen LogP contribution in [0.2, 0.25) is 0 Å². The summed E-state index contributed by atoms with van der Waals surface area (Å²) in [5.74, 6) is 1.43. The van der Waals surface area contributed by atoms with E-state index in [1.54, 1.807) is 14.2 Å². The quantitative estimate of drug-likeness (QED) is 0.465. The normalized spacial score (nSPS) is 11.3. The van der Waals surface area contributed by atoms with Crippen molar-refractivity contribution in [1.29, 1.82) is 0 Å². The molecule has 29 heavy (non-hydrogen) atoms. The van der Waals surface area contributed by atoms with E-state index >= 15 is 0 Å². The van der Waals surface area contributed by atoms with Gasteiger partial charge in [0, 0.05) is 32.0 Å². The Morgan fingerprint density at radius 3 is 2.38 bits per heavy atom. The topological polar surface area (TPSA) is 54.0 Å². The number of hydrogen-bond acceptors (Lipinski definition) is 5. The molecule has 0 aromatic heterocycles. The van der Waals surface area contributed by atoms with Crippen LogP contribution in [0.15, 0.2) is 48.5 Å². The van der Waals surface area contributed by atoms with Gasteiger partial charge in [0.15, 0.2) is 11.5 Å². The number of hydrogen-bond donors (Lipinski definition) is 0. The molecule has 0 amide bonds. The molecule has 0 aliphatic carbocycles. The molecule has 0 spiro atoms. The van der Waals surface area contributed by atoms with E-state index in [9.17, 15) is 4.79 Å². The average molecular weight is 401 g/mol. The predicted molar refractivity (Wildman–Crippen MR) is 114 cm³/mol. The monoisotopic (exact) mass is 400 g/mol. The molecule has 0 saturated carbocycles. The molecule has 0 heterocycles. The maximum Gasteiger partial charge on any atom is 0.161 e. The highest BCUT2D eigenvalue weighted by molar-refractivity contribution is 5.86. The smallest absolute Gasteiger partial charge is 0.161 e. The number of methoxy groups -OCH3 is 2. The summed E-state index contributed by atoms with van der Waals surface area (Å²) in [4.78, 5) is 12.9. The minimum Gasteiger partial charge on any atom is -0.493 e. The SMILES string of the molecule is COCCCOc1cc(CC(=O)C(C)(C)COCc2ccccc2)ccc1OC. The molecule has 0 bridgehead atoms. The van der Waals surface area contributed by atoms with Gasteiger partial charge in [0.2, 0.25) is 0 Å². The second kappa shape index (κ2) is 11.6. The van der Waals surface area contributed by atoms with Gasteiger partial charge in [0.1, 0.15) is 5.78 Å². The Labute approximate surface area is 173 Å². The van der Waals surface area contributed by atoms with Crippen LogP contribution >= 0.6 is 0 Å². The van der Waals surface area contributed by atoms with Crippen molar-refractivity contribution in [1.82, 2.24) is 0 Å². The fourth-order valence-electron chi connectivity index (χ4n) is 2.83. The Kier molecular flexibility index (Phi) is 9.16. The molecule has 0 unspecified atom stereocenters. The van der Waals surface area contributed by atoms with Crippen LogP contribution in [0.5, 0.6) is 11.5 Å². The second-order valence-electron chi connectivity index (χ2n) is 7.64. The van der Waals surface area contributed by atoms with Crippen LogP contribution in [-0.2, 0) is 27.3 Å². The van der Waals surface area contributed by atoms with E-state index in [0.29, 0.717) is 44.3 Å². The van der Waals surface area contributed by atoms with Gasteiger partial charge in [0.25, 0.3) is 0 Å². The zero-order valence-electron chi connectivity index (χ0n) is 17.9. The Morgan fingerprint density at radius 2 is 1.69 bits per heavy atom. The molecule has 0 radical (unpaired) electrons. The number of ether oxygens (including phenoxy) is 4. The highest BCUT2D eigenvalue weighted by atomic mass is 16.5. The molecule has 5 heteroatoms. The molecule has 0 aliphatic rings. The van der Waals surface area contributed by atoms with E-state index in [4.69, 9.17) is 18.9 Å². The molecule has 0 saturated heterocycles. The second-order valence-corrected chi connectivity index (χ2v) is 7.64. The van der Waals surface area contributed by atoms with E-state index in [2.05, 4.69) is 0 Å². The summed E-state index contributed by atoms with van der Waals surface area (Å²) in [5, 5.41) is 0.